The summed E-state index contributed by atoms with van der Waals surface area (Å²) in [7, 11) is 0. The molecule has 1 amide bonds. The number of hydrogen-bond acceptors (Lipinski definition) is 4. The van der Waals surface area contributed by atoms with Crippen molar-refractivity contribution in [3.8, 4) is 11.1 Å². The average molecular weight is 422 g/mol. The highest BCUT2D eigenvalue weighted by atomic mass is 16.2. The summed E-state index contributed by atoms with van der Waals surface area (Å²) in [5.41, 5.74) is 3.62. The molecule has 0 saturated carbocycles. The summed E-state index contributed by atoms with van der Waals surface area (Å²) in [6, 6.07) is 18.4. The van der Waals surface area contributed by atoms with Crippen LogP contribution >= 0.6 is 0 Å². The molecular formula is C26H22N4O2. The first-order valence-corrected chi connectivity index (χ1v) is 11.0. The van der Waals surface area contributed by atoms with Gasteiger partial charge in [-0.2, -0.15) is 0 Å². The van der Waals surface area contributed by atoms with E-state index >= 15 is 0 Å². The molecule has 2 atom stereocenters. The molecule has 4 aromatic rings. The van der Waals surface area contributed by atoms with Crippen molar-refractivity contribution in [3.63, 3.8) is 0 Å². The number of aromatic nitrogens is 3. The molecule has 2 unspecified atom stereocenters. The number of fused-ring (bicyclic) bond motifs is 5. The maximum atomic E-state index is 13.1. The standard InChI is InChI=1S/C26H22N4O2/c31-24-8-7-22(20-6-5-18-3-1-2-4-19(18)12-20)25-21-11-17(15-30(24)25)14-29(16-21)26(32)23-13-27-9-10-28-23/h1-10,12-13,17,21H,11,14-16H2. The van der Waals surface area contributed by atoms with Gasteiger partial charge in [0.2, 0.25) is 0 Å². The Hall–Kier alpha value is -3.80. The molecule has 158 valence electrons. The van der Waals surface area contributed by atoms with Crippen LogP contribution < -0.4 is 5.56 Å². The minimum Gasteiger partial charge on any atom is -0.336 e. The fraction of sp³-hybridized carbons (Fsp3) is 0.231. The predicted molar refractivity (Wildman–Crippen MR) is 122 cm³/mol. The van der Waals surface area contributed by atoms with Gasteiger partial charge in [0.1, 0.15) is 5.69 Å². The SMILES string of the molecule is O=C(c1cnccn1)N1CC2CC(C1)c1c(-c3ccc4ccccc4c3)ccc(=O)n1C2. The Morgan fingerprint density at radius 3 is 2.66 bits per heavy atom. The summed E-state index contributed by atoms with van der Waals surface area (Å²) >= 11 is 0. The second-order valence-corrected chi connectivity index (χ2v) is 8.74. The normalized spacial score (nSPS) is 19.6. The fourth-order valence-electron chi connectivity index (χ4n) is 5.35. The maximum Gasteiger partial charge on any atom is 0.274 e. The fourth-order valence-corrected chi connectivity index (χ4v) is 5.35. The van der Waals surface area contributed by atoms with Gasteiger partial charge < -0.3 is 9.47 Å². The topological polar surface area (TPSA) is 68.1 Å². The molecule has 2 bridgehead atoms. The van der Waals surface area contributed by atoms with Crippen LogP contribution in [0.3, 0.4) is 0 Å². The van der Waals surface area contributed by atoms with Crippen molar-refractivity contribution >= 4 is 16.7 Å². The summed E-state index contributed by atoms with van der Waals surface area (Å²) in [6.45, 7) is 1.85. The summed E-state index contributed by atoms with van der Waals surface area (Å²) < 4.78 is 1.94. The summed E-state index contributed by atoms with van der Waals surface area (Å²) in [4.78, 5) is 36.0. The van der Waals surface area contributed by atoms with Gasteiger partial charge in [0.05, 0.1) is 6.20 Å². The molecule has 2 aliphatic heterocycles. The molecular weight excluding hydrogens is 400 g/mol. The van der Waals surface area contributed by atoms with E-state index in [1.807, 2.05) is 27.7 Å². The third kappa shape index (κ3) is 3.11. The average Bonchev–Trinajstić information content (AvgIpc) is 2.84. The quantitative estimate of drug-likeness (QED) is 0.494. The maximum absolute atomic E-state index is 13.1. The lowest BCUT2D eigenvalue weighted by atomic mass is 9.80. The van der Waals surface area contributed by atoms with Crippen LogP contribution in [0, 0.1) is 5.92 Å². The molecule has 6 nitrogen and oxygen atoms in total. The molecule has 6 rings (SSSR count). The smallest absolute Gasteiger partial charge is 0.274 e. The molecule has 0 radical (unpaired) electrons. The number of pyridine rings is 1. The van der Waals surface area contributed by atoms with Crippen molar-refractivity contribution in [2.45, 2.75) is 18.9 Å². The number of piperidine rings is 1. The number of benzene rings is 2. The third-order valence-corrected chi connectivity index (χ3v) is 6.72. The van der Waals surface area contributed by atoms with Crippen LogP contribution in [0.5, 0.6) is 0 Å². The van der Waals surface area contributed by atoms with Crippen LogP contribution in [0.25, 0.3) is 21.9 Å². The third-order valence-electron chi connectivity index (χ3n) is 6.72. The molecule has 0 spiro atoms. The van der Waals surface area contributed by atoms with Crippen molar-refractivity contribution in [2.75, 3.05) is 13.1 Å². The van der Waals surface area contributed by atoms with E-state index < -0.39 is 0 Å². The van der Waals surface area contributed by atoms with E-state index in [1.54, 1.807) is 18.5 Å². The molecule has 4 heterocycles. The van der Waals surface area contributed by atoms with Gasteiger partial charge in [-0.15, -0.1) is 0 Å². The van der Waals surface area contributed by atoms with E-state index in [1.165, 1.54) is 17.0 Å². The number of nitrogens with zero attached hydrogens (tertiary/aromatic N) is 4. The van der Waals surface area contributed by atoms with E-state index in [0.717, 1.165) is 23.2 Å². The Bertz CT molecular complexity index is 1400. The second-order valence-electron chi connectivity index (χ2n) is 8.74. The number of hydrogen-bond donors (Lipinski definition) is 0. The summed E-state index contributed by atoms with van der Waals surface area (Å²) in [5.74, 6) is 0.275. The molecule has 6 heteroatoms. The van der Waals surface area contributed by atoms with Gasteiger partial charge in [-0.25, -0.2) is 4.98 Å². The van der Waals surface area contributed by atoms with Gasteiger partial charge >= 0.3 is 0 Å². The molecule has 1 fully saturated rings. The summed E-state index contributed by atoms with van der Waals surface area (Å²) in [6.07, 6.45) is 5.62. The van der Waals surface area contributed by atoms with Crippen LogP contribution in [-0.2, 0) is 6.54 Å². The van der Waals surface area contributed by atoms with Crippen LogP contribution in [0.15, 0.2) is 78.0 Å². The lowest BCUT2D eigenvalue weighted by Gasteiger charge is -2.43. The first-order chi connectivity index (χ1) is 15.7. The van der Waals surface area contributed by atoms with Gasteiger partial charge in [-0.1, -0.05) is 36.4 Å². The molecule has 1 saturated heterocycles. The Balaban J connectivity index is 1.42. The zero-order chi connectivity index (χ0) is 21.7. The van der Waals surface area contributed by atoms with E-state index in [-0.39, 0.29) is 23.3 Å². The monoisotopic (exact) mass is 422 g/mol. The van der Waals surface area contributed by atoms with Crippen molar-refractivity contribution in [1.29, 1.82) is 0 Å². The molecule has 2 aliphatic rings. The zero-order valence-corrected chi connectivity index (χ0v) is 17.5. The number of rotatable bonds is 2. The highest BCUT2D eigenvalue weighted by Crippen LogP contribution is 2.40. The van der Waals surface area contributed by atoms with Crippen LogP contribution in [0.4, 0.5) is 0 Å². The van der Waals surface area contributed by atoms with Gasteiger partial charge in [0, 0.05) is 55.3 Å². The van der Waals surface area contributed by atoms with Crippen LogP contribution in [0.2, 0.25) is 0 Å². The van der Waals surface area contributed by atoms with Gasteiger partial charge in [-0.3, -0.25) is 14.6 Å². The van der Waals surface area contributed by atoms with Crippen molar-refractivity contribution in [1.82, 2.24) is 19.4 Å². The highest BCUT2D eigenvalue weighted by Gasteiger charge is 2.38. The first-order valence-electron chi connectivity index (χ1n) is 11.0. The minimum absolute atomic E-state index is 0.0351. The van der Waals surface area contributed by atoms with E-state index in [0.29, 0.717) is 25.3 Å². The molecule has 2 aromatic heterocycles. The predicted octanol–water partition coefficient (Wildman–Crippen LogP) is 3.72. The minimum atomic E-state index is -0.0909. The van der Waals surface area contributed by atoms with Gasteiger partial charge in [0.25, 0.3) is 11.5 Å². The molecule has 0 aliphatic carbocycles. The van der Waals surface area contributed by atoms with E-state index in [2.05, 4.69) is 40.3 Å². The number of likely N-dealkylation sites (tertiary alicyclic amines) is 1. The molecule has 2 aromatic carbocycles. The highest BCUT2D eigenvalue weighted by molar-refractivity contribution is 5.92. The first kappa shape index (κ1) is 18.9. The Labute approximate surface area is 185 Å². The van der Waals surface area contributed by atoms with Crippen molar-refractivity contribution in [3.05, 3.63) is 94.9 Å². The lowest BCUT2D eigenvalue weighted by molar-refractivity contribution is 0.0589. The molecule has 32 heavy (non-hydrogen) atoms. The number of carbonyl (C=O) groups excluding carboxylic acids is 1. The van der Waals surface area contributed by atoms with Crippen LogP contribution in [-0.4, -0.2) is 38.4 Å². The second kappa shape index (κ2) is 7.41. The van der Waals surface area contributed by atoms with E-state index in [4.69, 9.17) is 0 Å². The van der Waals surface area contributed by atoms with Crippen molar-refractivity contribution < 1.29 is 4.79 Å². The van der Waals surface area contributed by atoms with Crippen molar-refractivity contribution in [2.24, 2.45) is 5.92 Å². The molecule has 0 N–H and O–H groups in total. The Kier molecular flexibility index (Phi) is 4.38. The summed E-state index contributed by atoms with van der Waals surface area (Å²) in [5, 5.41) is 2.36. The Morgan fingerprint density at radius 1 is 0.938 bits per heavy atom. The van der Waals surface area contributed by atoms with E-state index in [9.17, 15) is 9.59 Å². The zero-order valence-electron chi connectivity index (χ0n) is 17.5. The Morgan fingerprint density at radius 2 is 1.81 bits per heavy atom. The van der Waals surface area contributed by atoms with Gasteiger partial charge in [-0.05, 0) is 40.8 Å². The lowest BCUT2D eigenvalue weighted by Crippen LogP contribution is -2.49. The largest absolute Gasteiger partial charge is 0.336 e. The number of amides is 1. The van der Waals surface area contributed by atoms with Crippen LogP contribution in [0.1, 0.15) is 28.5 Å². The number of carbonyl (C=O) groups is 1. The van der Waals surface area contributed by atoms with Gasteiger partial charge in [0.15, 0.2) is 0 Å².